The van der Waals surface area contributed by atoms with Crippen LogP contribution in [0.4, 0.5) is 5.95 Å². The van der Waals surface area contributed by atoms with Crippen molar-refractivity contribution in [1.29, 1.82) is 0 Å². The van der Waals surface area contributed by atoms with E-state index in [0.717, 1.165) is 5.52 Å². The van der Waals surface area contributed by atoms with E-state index in [1.54, 1.807) is 6.07 Å². The standard InChI is InChI=1S/C12H13ClN4O2.ClH/c13-7-2-1-3-8-10(7)16-12(15-8)17-11(19)9-4-6(18)5-14-9;/h1-3,6,9,14,18H,4-5H2,(H2,15,16,17,19);1H/t6-,9+;/m0./s1. The lowest BCUT2D eigenvalue weighted by molar-refractivity contribution is -0.118. The zero-order chi connectivity index (χ0) is 13.4. The van der Waals surface area contributed by atoms with Crippen LogP contribution in [0.15, 0.2) is 18.2 Å². The van der Waals surface area contributed by atoms with E-state index in [2.05, 4.69) is 20.6 Å². The topological polar surface area (TPSA) is 90.0 Å². The van der Waals surface area contributed by atoms with Gasteiger partial charge in [-0.05, 0) is 18.6 Å². The molecule has 0 saturated carbocycles. The van der Waals surface area contributed by atoms with E-state index in [1.165, 1.54) is 0 Å². The summed E-state index contributed by atoms with van der Waals surface area (Å²) in [7, 11) is 0. The number of fused-ring (bicyclic) bond motifs is 1. The molecule has 20 heavy (non-hydrogen) atoms. The molecule has 3 rings (SSSR count). The van der Waals surface area contributed by atoms with Gasteiger partial charge >= 0.3 is 0 Å². The molecule has 1 saturated heterocycles. The second-order valence-electron chi connectivity index (χ2n) is 4.56. The van der Waals surface area contributed by atoms with Crippen molar-refractivity contribution in [2.45, 2.75) is 18.6 Å². The summed E-state index contributed by atoms with van der Waals surface area (Å²) in [6.07, 6.45) is -0.0619. The van der Waals surface area contributed by atoms with E-state index in [9.17, 15) is 9.90 Å². The quantitative estimate of drug-likeness (QED) is 0.672. The Morgan fingerprint density at radius 1 is 1.50 bits per heavy atom. The monoisotopic (exact) mass is 316 g/mol. The van der Waals surface area contributed by atoms with Crippen LogP contribution in [-0.2, 0) is 4.79 Å². The number of aromatic nitrogens is 2. The van der Waals surface area contributed by atoms with Crippen molar-refractivity contribution in [3.63, 3.8) is 0 Å². The predicted octanol–water partition coefficient (Wildman–Crippen LogP) is 1.30. The number of nitrogens with one attached hydrogen (secondary N) is 3. The van der Waals surface area contributed by atoms with Crippen LogP contribution in [0.1, 0.15) is 6.42 Å². The Bertz CT molecular complexity index is 631. The minimum absolute atomic E-state index is 0. The molecule has 2 atom stereocenters. The van der Waals surface area contributed by atoms with Crippen molar-refractivity contribution in [3.05, 3.63) is 23.2 Å². The first-order valence-electron chi connectivity index (χ1n) is 6.00. The van der Waals surface area contributed by atoms with E-state index < -0.39 is 12.1 Å². The highest BCUT2D eigenvalue weighted by Crippen LogP contribution is 2.22. The highest BCUT2D eigenvalue weighted by atomic mass is 35.5. The maximum atomic E-state index is 11.9. The average Bonchev–Trinajstić information content (AvgIpc) is 2.96. The Labute approximate surface area is 126 Å². The summed E-state index contributed by atoms with van der Waals surface area (Å²) in [6, 6.07) is 4.99. The van der Waals surface area contributed by atoms with Gasteiger partial charge in [0.05, 0.1) is 22.7 Å². The number of nitrogens with zero attached hydrogens (tertiary/aromatic N) is 1. The van der Waals surface area contributed by atoms with E-state index in [-0.39, 0.29) is 18.3 Å². The van der Waals surface area contributed by atoms with Gasteiger partial charge in [0.1, 0.15) is 5.52 Å². The lowest BCUT2D eigenvalue weighted by atomic mass is 10.2. The lowest BCUT2D eigenvalue weighted by Gasteiger charge is -2.08. The summed E-state index contributed by atoms with van der Waals surface area (Å²) >= 11 is 6.01. The Hall–Kier alpha value is -1.34. The first-order chi connectivity index (χ1) is 9.13. The first kappa shape index (κ1) is 15.1. The fraction of sp³-hybridized carbons (Fsp3) is 0.333. The zero-order valence-corrected chi connectivity index (χ0v) is 12.0. The summed E-state index contributed by atoms with van der Waals surface area (Å²) in [4.78, 5) is 19.2. The smallest absolute Gasteiger partial charge is 0.243 e. The number of para-hydroxylation sites is 1. The van der Waals surface area contributed by atoms with Crippen LogP contribution in [0.3, 0.4) is 0 Å². The molecular weight excluding hydrogens is 303 g/mol. The molecule has 1 aliphatic heterocycles. The van der Waals surface area contributed by atoms with Crippen molar-refractivity contribution < 1.29 is 9.90 Å². The predicted molar refractivity (Wildman–Crippen MR) is 79.4 cm³/mol. The van der Waals surface area contributed by atoms with Crippen LogP contribution >= 0.6 is 24.0 Å². The van der Waals surface area contributed by atoms with Crippen molar-refractivity contribution in [2.75, 3.05) is 11.9 Å². The Morgan fingerprint density at radius 2 is 2.30 bits per heavy atom. The molecule has 0 aliphatic carbocycles. The maximum Gasteiger partial charge on any atom is 0.243 e. The minimum Gasteiger partial charge on any atom is -0.392 e. The molecule has 1 amide bonds. The van der Waals surface area contributed by atoms with Crippen LogP contribution in [-0.4, -0.2) is 39.7 Å². The molecule has 1 aromatic carbocycles. The van der Waals surface area contributed by atoms with Gasteiger partial charge in [0.2, 0.25) is 11.9 Å². The first-order valence-corrected chi connectivity index (χ1v) is 6.38. The highest BCUT2D eigenvalue weighted by molar-refractivity contribution is 6.35. The number of aliphatic hydroxyl groups excluding tert-OH is 1. The van der Waals surface area contributed by atoms with Crippen molar-refractivity contribution in [2.24, 2.45) is 0 Å². The molecule has 0 unspecified atom stereocenters. The summed E-state index contributed by atoms with van der Waals surface area (Å²) in [5.41, 5.74) is 1.39. The molecule has 0 spiro atoms. The Balaban J connectivity index is 0.00000147. The number of carbonyl (C=O) groups is 1. The van der Waals surface area contributed by atoms with E-state index in [1.807, 2.05) is 12.1 Å². The SMILES string of the molecule is Cl.O=C(Nc1nc2c(Cl)cccc2[nH]1)[C@H]1C[C@H](O)CN1. The minimum atomic E-state index is -0.471. The van der Waals surface area contributed by atoms with Gasteiger partial charge < -0.3 is 15.4 Å². The lowest BCUT2D eigenvalue weighted by Crippen LogP contribution is -2.35. The van der Waals surface area contributed by atoms with E-state index >= 15 is 0 Å². The average molecular weight is 317 g/mol. The van der Waals surface area contributed by atoms with Gasteiger partial charge in [-0.25, -0.2) is 4.98 Å². The van der Waals surface area contributed by atoms with Crippen LogP contribution in [0.2, 0.25) is 5.02 Å². The van der Waals surface area contributed by atoms with Crippen molar-refractivity contribution in [3.8, 4) is 0 Å². The van der Waals surface area contributed by atoms with Gasteiger partial charge in [-0.2, -0.15) is 0 Å². The normalized spacial score (nSPS) is 21.7. The number of aliphatic hydroxyl groups is 1. The molecule has 8 heteroatoms. The van der Waals surface area contributed by atoms with Crippen LogP contribution < -0.4 is 10.6 Å². The molecule has 2 aromatic rings. The van der Waals surface area contributed by atoms with Gasteiger partial charge in [0.25, 0.3) is 0 Å². The highest BCUT2D eigenvalue weighted by Gasteiger charge is 2.28. The number of imidazole rings is 1. The van der Waals surface area contributed by atoms with Gasteiger partial charge in [-0.3, -0.25) is 10.1 Å². The molecule has 1 fully saturated rings. The number of hydrogen-bond donors (Lipinski definition) is 4. The van der Waals surface area contributed by atoms with Crippen molar-refractivity contribution in [1.82, 2.24) is 15.3 Å². The molecule has 6 nitrogen and oxygen atoms in total. The third kappa shape index (κ3) is 2.88. The number of halogens is 2. The summed E-state index contributed by atoms with van der Waals surface area (Å²) in [5, 5.41) is 15.5. The van der Waals surface area contributed by atoms with E-state index in [4.69, 9.17) is 11.6 Å². The largest absolute Gasteiger partial charge is 0.392 e. The molecule has 1 aromatic heterocycles. The van der Waals surface area contributed by atoms with Gasteiger partial charge in [-0.1, -0.05) is 17.7 Å². The zero-order valence-electron chi connectivity index (χ0n) is 10.4. The summed E-state index contributed by atoms with van der Waals surface area (Å²) < 4.78 is 0. The number of rotatable bonds is 2. The van der Waals surface area contributed by atoms with Crippen molar-refractivity contribution >= 4 is 46.9 Å². The molecular formula is C12H14Cl2N4O2. The van der Waals surface area contributed by atoms with Gasteiger partial charge in [-0.15, -0.1) is 12.4 Å². The molecule has 2 heterocycles. The van der Waals surface area contributed by atoms with Crippen LogP contribution in [0.5, 0.6) is 0 Å². The molecule has 1 aliphatic rings. The molecule has 108 valence electrons. The summed E-state index contributed by atoms with van der Waals surface area (Å²) in [5.74, 6) is 0.142. The van der Waals surface area contributed by atoms with Gasteiger partial charge in [0.15, 0.2) is 0 Å². The number of H-pyrrole nitrogens is 1. The summed E-state index contributed by atoms with van der Waals surface area (Å²) in [6.45, 7) is 0.435. The number of carbonyl (C=O) groups excluding carboxylic acids is 1. The number of hydrogen-bond acceptors (Lipinski definition) is 4. The number of benzene rings is 1. The Kier molecular flexibility index (Phi) is 4.49. The molecule has 0 bridgehead atoms. The second-order valence-corrected chi connectivity index (χ2v) is 4.97. The van der Waals surface area contributed by atoms with E-state index in [0.29, 0.717) is 29.5 Å². The maximum absolute atomic E-state index is 11.9. The fourth-order valence-corrected chi connectivity index (χ4v) is 2.39. The third-order valence-corrected chi connectivity index (χ3v) is 3.43. The third-order valence-electron chi connectivity index (χ3n) is 3.13. The van der Waals surface area contributed by atoms with Crippen LogP contribution in [0, 0.1) is 0 Å². The fourth-order valence-electron chi connectivity index (χ4n) is 2.18. The number of amides is 1. The molecule has 0 radical (unpaired) electrons. The molecule has 4 N–H and O–H groups in total. The number of aromatic amines is 1. The Morgan fingerprint density at radius 3 is 2.95 bits per heavy atom. The number of anilines is 1. The second kappa shape index (κ2) is 5.97. The van der Waals surface area contributed by atoms with Gasteiger partial charge in [0, 0.05) is 6.54 Å². The van der Waals surface area contributed by atoms with Crippen LogP contribution in [0.25, 0.3) is 11.0 Å². The number of β-amino-alcohol motifs (C(OH)–C–C–N with tert-alkyl or cyclic N) is 1.